The first kappa shape index (κ1) is 7.63. The molecule has 0 unspecified atom stereocenters. The molecule has 8 heavy (non-hydrogen) atoms. The van der Waals surface area contributed by atoms with Crippen LogP contribution >= 0.6 is 0 Å². The van der Waals surface area contributed by atoms with E-state index in [1.54, 1.807) is 6.08 Å². The standard InChI is InChI=1S/C6H12OSi/c1-8(2,3)6-4-5-7/h4-6H,1-3H3/b6-4-. The topological polar surface area (TPSA) is 17.1 Å². The Balaban J connectivity index is 3.69. The molecule has 0 spiro atoms. The smallest absolute Gasteiger partial charge is 0.142 e. The Morgan fingerprint density at radius 2 is 1.75 bits per heavy atom. The van der Waals surface area contributed by atoms with Gasteiger partial charge in [-0.15, -0.1) is 0 Å². The van der Waals surface area contributed by atoms with Crippen molar-refractivity contribution >= 4 is 14.4 Å². The van der Waals surface area contributed by atoms with Gasteiger partial charge >= 0.3 is 0 Å². The van der Waals surface area contributed by atoms with Gasteiger partial charge in [-0.05, 0) is 6.08 Å². The van der Waals surface area contributed by atoms with Crippen molar-refractivity contribution in [2.45, 2.75) is 19.6 Å². The average Bonchev–Trinajstić information content (AvgIpc) is 1.59. The second-order valence-electron chi connectivity index (χ2n) is 2.86. The zero-order valence-electron chi connectivity index (χ0n) is 5.64. The van der Waals surface area contributed by atoms with Crippen molar-refractivity contribution in [3.8, 4) is 0 Å². The molecule has 0 aromatic heterocycles. The highest BCUT2D eigenvalue weighted by atomic mass is 28.3. The Kier molecular flexibility index (Phi) is 2.69. The molecule has 0 aliphatic carbocycles. The van der Waals surface area contributed by atoms with Crippen LogP contribution in [-0.2, 0) is 4.79 Å². The van der Waals surface area contributed by atoms with Crippen molar-refractivity contribution in [2.24, 2.45) is 0 Å². The third-order valence-corrected chi connectivity index (χ3v) is 1.87. The van der Waals surface area contributed by atoms with E-state index < -0.39 is 8.07 Å². The number of rotatable bonds is 2. The second-order valence-corrected chi connectivity index (χ2v) is 7.93. The molecule has 0 aromatic rings. The lowest BCUT2D eigenvalue weighted by atomic mass is 10.7. The van der Waals surface area contributed by atoms with E-state index in [9.17, 15) is 4.79 Å². The predicted octanol–water partition coefficient (Wildman–Crippen LogP) is 1.62. The van der Waals surface area contributed by atoms with Crippen LogP contribution in [0.15, 0.2) is 11.8 Å². The summed E-state index contributed by atoms with van der Waals surface area (Å²) < 4.78 is 0. The number of carbonyl (C=O) groups is 1. The van der Waals surface area contributed by atoms with Crippen molar-refractivity contribution in [2.75, 3.05) is 0 Å². The van der Waals surface area contributed by atoms with E-state index in [1.165, 1.54) is 0 Å². The van der Waals surface area contributed by atoms with Crippen LogP contribution in [-0.4, -0.2) is 14.4 Å². The first-order valence-electron chi connectivity index (χ1n) is 2.69. The summed E-state index contributed by atoms with van der Waals surface area (Å²) in [5.41, 5.74) is 2.01. The molecule has 0 saturated heterocycles. The van der Waals surface area contributed by atoms with Crippen LogP contribution < -0.4 is 0 Å². The van der Waals surface area contributed by atoms with Crippen molar-refractivity contribution in [3.63, 3.8) is 0 Å². The van der Waals surface area contributed by atoms with Gasteiger partial charge in [0.1, 0.15) is 6.29 Å². The highest BCUT2D eigenvalue weighted by Gasteiger charge is 2.05. The van der Waals surface area contributed by atoms with Gasteiger partial charge < -0.3 is 0 Å². The summed E-state index contributed by atoms with van der Waals surface area (Å²) in [6.45, 7) is 6.56. The fraction of sp³-hybridized carbons (Fsp3) is 0.500. The van der Waals surface area contributed by atoms with Crippen LogP contribution in [0.25, 0.3) is 0 Å². The Labute approximate surface area is 51.4 Å². The molecule has 0 heterocycles. The van der Waals surface area contributed by atoms with Gasteiger partial charge in [-0.1, -0.05) is 25.3 Å². The third-order valence-electron chi connectivity index (χ3n) is 0.675. The van der Waals surface area contributed by atoms with Gasteiger partial charge in [0.2, 0.25) is 0 Å². The molecular weight excluding hydrogens is 116 g/mol. The van der Waals surface area contributed by atoms with Gasteiger partial charge in [-0.25, -0.2) is 0 Å². The maximum atomic E-state index is 9.79. The highest BCUT2D eigenvalue weighted by molar-refractivity contribution is 6.81. The van der Waals surface area contributed by atoms with E-state index in [-0.39, 0.29) is 0 Å². The fourth-order valence-electron chi connectivity index (χ4n) is 0.328. The molecule has 0 radical (unpaired) electrons. The SMILES string of the molecule is C[Si](C)(C)/C=C\C=O. The average molecular weight is 128 g/mol. The molecular formula is C6H12OSi. The van der Waals surface area contributed by atoms with Crippen molar-refractivity contribution in [1.82, 2.24) is 0 Å². The lowest BCUT2D eigenvalue weighted by molar-refractivity contribution is -0.104. The van der Waals surface area contributed by atoms with Gasteiger partial charge in [-0.3, -0.25) is 4.79 Å². The molecule has 2 heteroatoms. The van der Waals surface area contributed by atoms with Crippen LogP contribution in [0, 0.1) is 0 Å². The largest absolute Gasteiger partial charge is 0.299 e. The molecule has 0 aromatic carbocycles. The van der Waals surface area contributed by atoms with Crippen molar-refractivity contribution < 1.29 is 4.79 Å². The fourth-order valence-corrected chi connectivity index (χ4v) is 0.984. The normalized spacial score (nSPS) is 12.4. The van der Waals surface area contributed by atoms with Crippen molar-refractivity contribution in [1.29, 1.82) is 0 Å². The molecule has 0 amide bonds. The van der Waals surface area contributed by atoms with E-state index in [0.717, 1.165) is 6.29 Å². The minimum Gasteiger partial charge on any atom is -0.299 e. The first-order valence-corrected chi connectivity index (χ1v) is 6.27. The monoisotopic (exact) mass is 128 g/mol. The zero-order chi connectivity index (χ0) is 6.62. The van der Waals surface area contributed by atoms with Crippen LogP contribution in [0.3, 0.4) is 0 Å². The number of carbonyl (C=O) groups excluding carboxylic acids is 1. The molecule has 1 nitrogen and oxygen atoms in total. The molecule has 0 atom stereocenters. The molecule has 0 rings (SSSR count). The van der Waals surface area contributed by atoms with Crippen LogP contribution in [0.5, 0.6) is 0 Å². The number of allylic oxidation sites excluding steroid dienone is 1. The molecule has 0 bridgehead atoms. The Morgan fingerprint density at radius 1 is 1.25 bits per heavy atom. The zero-order valence-corrected chi connectivity index (χ0v) is 6.64. The van der Waals surface area contributed by atoms with Gasteiger partial charge in [-0.2, -0.15) is 0 Å². The molecule has 0 aliphatic rings. The third kappa shape index (κ3) is 5.63. The predicted molar refractivity (Wildman–Crippen MR) is 38.5 cm³/mol. The van der Waals surface area contributed by atoms with Gasteiger partial charge in [0.25, 0.3) is 0 Å². The van der Waals surface area contributed by atoms with Gasteiger partial charge in [0.05, 0.1) is 8.07 Å². The summed E-state index contributed by atoms with van der Waals surface area (Å²) >= 11 is 0. The Bertz CT molecular complexity index is 99.6. The van der Waals surface area contributed by atoms with E-state index in [0.29, 0.717) is 0 Å². The Hall–Kier alpha value is -0.373. The molecule has 0 N–H and O–H groups in total. The molecule has 0 saturated carbocycles. The molecule has 0 aliphatic heterocycles. The second kappa shape index (κ2) is 2.82. The summed E-state index contributed by atoms with van der Waals surface area (Å²) in [6, 6.07) is 0. The van der Waals surface area contributed by atoms with E-state index >= 15 is 0 Å². The van der Waals surface area contributed by atoms with Crippen LogP contribution in [0.2, 0.25) is 19.6 Å². The number of hydrogen-bond acceptors (Lipinski definition) is 1. The van der Waals surface area contributed by atoms with E-state index in [1.807, 2.05) is 5.70 Å². The maximum absolute atomic E-state index is 9.79. The molecule has 46 valence electrons. The van der Waals surface area contributed by atoms with Crippen LogP contribution in [0.1, 0.15) is 0 Å². The summed E-state index contributed by atoms with van der Waals surface area (Å²) in [7, 11) is -1.09. The summed E-state index contributed by atoms with van der Waals surface area (Å²) in [4.78, 5) is 9.79. The summed E-state index contributed by atoms with van der Waals surface area (Å²) in [5, 5.41) is 0. The summed E-state index contributed by atoms with van der Waals surface area (Å²) in [6.07, 6.45) is 2.42. The highest BCUT2D eigenvalue weighted by Crippen LogP contribution is 1.99. The minimum atomic E-state index is -1.09. The first-order chi connectivity index (χ1) is 3.56. The maximum Gasteiger partial charge on any atom is 0.142 e. The van der Waals surface area contributed by atoms with E-state index in [2.05, 4.69) is 19.6 Å². The Morgan fingerprint density at radius 3 is 1.88 bits per heavy atom. The van der Waals surface area contributed by atoms with Gasteiger partial charge in [0.15, 0.2) is 0 Å². The lowest BCUT2D eigenvalue weighted by Crippen LogP contribution is -2.15. The van der Waals surface area contributed by atoms with Crippen LogP contribution in [0.4, 0.5) is 0 Å². The molecule has 0 fully saturated rings. The summed E-state index contributed by atoms with van der Waals surface area (Å²) in [5.74, 6) is 0. The number of aldehydes is 1. The minimum absolute atomic E-state index is 0.832. The lowest BCUT2D eigenvalue weighted by Gasteiger charge is -2.05. The quantitative estimate of drug-likeness (QED) is 0.314. The van der Waals surface area contributed by atoms with E-state index in [4.69, 9.17) is 0 Å². The number of hydrogen-bond donors (Lipinski definition) is 0. The van der Waals surface area contributed by atoms with Crippen molar-refractivity contribution in [3.05, 3.63) is 11.8 Å². The van der Waals surface area contributed by atoms with Gasteiger partial charge in [0, 0.05) is 0 Å².